The molecule has 1 aliphatic rings. The molecule has 2 heteroatoms. The van der Waals surface area contributed by atoms with Crippen LogP contribution in [0.5, 0.6) is 0 Å². The predicted molar refractivity (Wildman–Crippen MR) is 29.1 cm³/mol. The van der Waals surface area contributed by atoms with Crippen LogP contribution >= 0.6 is 11.9 Å². The van der Waals surface area contributed by atoms with Crippen LogP contribution in [0.4, 0.5) is 0 Å². The Bertz CT molecular complexity index is 40.8. The monoisotopic (exact) mass is 102 g/mol. The van der Waals surface area contributed by atoms with Crippen LogP contribution in [0, 0.1) is 12.5 Å². The minimum Gasteiger partial charge on any atom is -0.259 e. The van der Waals surface area contributed by atoms with Crippen molar-refractivity contribution in [3.63, 3.8) is 0 Å². The van der Waals surface area contributed by atoms with E-state index in [-0.39, 0.29) is 0 Å². The molecule has 1 atom stereocenters. The summed E-state index contributed by atoms with van der Waals surface area (Å²) in [4.78, 5) is 0. The van der Waals surface area contributed by atoms with E-state index in [4.69, 9.17) is 0 Å². The summed E-state index contributed by atoms with van der Waals surface area (Å²) in [5.41, 5.74) is 0. The highest BCUT2D eigenvalue weighted by Crippen LogP contribution is 2.14. The molecule has 1 fully saturated rings. The zero-order chi connectivity index (χ0) is 4.41. The van der Waals surface area contributed by atoms with E-state index in [2.05, 4.69) is 18.2 Å². The van der Waals surface area contributed by atoms with Gasteiger partial charge in [0.15, 0.2) is 0 Å². The molecule has 0 amide bonds. The molecule has 1 rings (SSSR count). The van der Waals surface area contributed by atoms with E-state index < -0.39 is 0 Å². The van der Waals surface area contributed by atoms with E-state index >= 15 is 0 Å². The number of hydrogen-bond acceptors (Lipinski definition) is 2. The lowest BCUT2D eigenvalue weighted by atomic mass is 10.2. The first kappa shape index (κ1) is 4.47. The fourth-order valence-corrected chi connectivity index (χ4v) is 1.18. The second-order valence-electron chi connectivity index (χ2n) is 1.57. The summed E-state index contributed by atoms with van der Waals surface area (Å²) in [6.07, 6.45) is 0. The lowest BCUT2D eigenvalue weighted by molar-refractivity contribution is 0.777. The predicted octanol–water partition coefficient (Wildman–Crippen LogP) is 1.04. The van der Waals surface area contributed by atoms with Crippen molar-refractivity contribution in [3.8, 4) is 0 Å². The van der Waals surface area contributed by atoms with Crippen LogP contribution in [0.15, 0.2) is 0 Å². The summed E-state index contributed by atoms with van der Waals surface area (Å²) in [7, 11) is 0. The molecule has 1 unspecified atom stereocenters. The smallest absolute Gasteiger partial charge is 0.0371 e. The highest BCUT2D eigenvalue weighted by molar-refractivity contribution is 7.97. The van der Waals surface area contributed by atoms with Crippen LogP contribution in [0.2, 0.25) is 0 Å². The fourth-order valence-electron chi connectivity index (χ4n) is 0.392. The van der Waals surface area contributed by atoms with Gasteiger partial charge >= 0.3 is 0 Å². The molecule has 6 heavy (non-hydrogen) atoms. The van der Waals surface area contributed by atoms with Gasteiger partial charge in [0.05, 0.1) is 0 Å². The lowest BCUT2D eigenvalue weighted by Gasteiger charge is -1.88. The van der Waals surface area contributed by atoms with Crippen molar-refractivity contribution in [2.24, 2.45) is 5.92 Å². The Labute approximate surface area is 42.6 Å². The number of nitrogens with one attached hydrogen (secondary N) is 1. The third-order valence-corrected chi connectivity index (χ3v) is 1.78. The van der Waals surface area contributed by atoms with Gasteiger partial charge in [0.2, 0.25) is 0 Å². The van der Waals surface area contributed by atoms with E-state index in [1.165, 1.54) is 5.75 Å². The summed E-state index contributed by atoms with van der Waals surface area (Å²) >= 11 is 1.78. The second-order valence-corrected chi connectivity index (χ2v) is 2.43. The van der Waals surface area contributed by atoms with Crippen molar-refractivity contribution in [3.05, 3.63) is 6.54 Å². The van der Waals surface area contributed by atoms with Gasteiger partial charge in [-0.05, 0) is 5.92 Å². The van der Waals surface area contributed by atoms with Crippen LogP contribution in [-0.4, -0.2) is 5.75 Å². The highest BCUT2D eigenvalue weighted by atomic mass is 32.2. The standard InChI is InChI=1S/C4H8NS/c1-4-2-5-6-3-4/h2,4-5H,3H2,1H3. The average Bonchev–Trinajstić information content (AvgIpc) is 1.86. The van der Waals surface area contributed by atoms with Gasteiger partial charge in [0.1, 0.15) is 0 Å². The normalized spacial score (nSPS) is 34.5. The molecule has 1 nitrogen and oxygen atoms in total. The third kappa shape index (κ3) is 0.884. The molecule has 0 aliphatic carbocycles. The van der Waals surface area contributed by atoms with Gasteiger partial charge in [-0.1, -0.05) is 18.9 Å². The topological polar surface area (TPSA) is 12.0 Å². The molecule has 1 heterocycles. The molecule has 0 spiro atoms. The Morgan fingerprint density at radius 1 is 2.00 bits per heavy atom. The van der Waals surface area contributed by atoms with Gasteiger partial charge in [-0.15, -0.1) is 0 Å². The van der Waals surface area contributed by atoms with Crippen LogP contribution in [0.3, 0.4) is 0 Å². The second kappa shape index (κ2) is 1.85. The molecule has 1 aliphatic heterocycles. The summed E-state index contributed by atoms with van der Waals surface area (Å²) < 4.78 is 3.06. The number of hydrogen-bond donors (Lipinski definition) is 1. The average molecular weight is 102 g/mol. The molecular weight excluding hydrogens is 94.1 g/mol. The highest BCUT2D eigenvalue weighted by Gasteiger charge is 2.07. The molecule has 0 saturated carbocycles. The van der Waals surface area contributed by atoms with Crippen molar-refractivity contribution >= 4 is 11.9 Å². The SMILES string of the molecule is CC1[CH]NSC1. The molecule has 0 bridgehead atoms. The third-order valence-electron chi connectivity index (χ3n) is 0.782. The van der Waals surface area contributed by atoms with Crippen LogP contribution in [-0.2, 0) is 0 Å². The first-order chi connectivity index (χ1) is 2.89. The Hall–Kier alpha value is 0.310. The molecule has 0 aromatic carbocycles. The van der Waals surface area contributed by atoms with Crippen molar-refractivity contribution in [1.82, 2.24) is 4.72 Å². The molecule has 1 radical (unpaired) electrons. The maximum atomic E-state index is 3.06. The first-order valence-corrected chi connectivity index (χ1v) is 3.09. The minimum absolute atomic E-state index is 0.773. The van der Waals surface area contributed by atoms with Gasteiger partial charge in [-0.25, -0.2) is 0 Å². The molecule has 1 N–H and O–H groups in total. The van der Waals surface area contributed by atoms with Crippen molar-refractivity contribution in [2.75, 3.05) is 5.75 Å². The molecule has 35 valence electrons. The van der Waals surface area contributed by atoms with Gasteiger partial charge in [0, 0.05) is 12.3 Å². The van der Waals surface area contributed by atoms with Crippen molar-refractivity contribution in [1.29, 1.82) is 0 Å². The van der Waals surface area contributed by atoms with E-state index in [0.717, 1.165) is 5.92 Å². The summed E-state index contributed by atoms with van der Waals surface area (Å²) in [6, 6.07) is 0. The number of rotatable bonds is 0. The quantitative estimate of drug-likeness (QED) is 0.458. The van der Waals surface area contributed by atoms with Crippen molar-refractivity contribution in [2.45, 2.75) is 6.92 Å². The largest absolute Gasteiger partial charge is 0.259 e. The Morgan fingerprint density at radius 3 is 3.00 bits per heavy atom. The van der Waals surface area contributed by atoms with Gasteiger partial charge in [-0.2, -0.15) is 0 Å². The van der Waals surface area contributed by atoms with Crippen LogP contribution < -0.4 is 4.72 Å². The zero-order valence-electron chi connectivity index (χ0n) is 3.77. The van der Waals surface area contributed by atoms with Crippen LogP contribution in [0.1, 0.15) is 6.92 Å². The minimum atomic E-state index is 0.773. The molecule has 0 aromatic rings. The molecule has 1 saturated heterocycles. The molecule has 0 aromatic heterocycles. The van der Waals surface area contributed by atoms with E-state index in [0.29, 0.717) is 0 Å². The van der Waals surface area contributed by atoms with Gasteiger partial charge in [-0.3, -0.25) is 4.72 Å². The Morgan fingerprint density at radius 2 is 2.83 bits per heavy atom. The van der Waals surface area contributed by atoms with Gasteiger partial charge in [0.25, 0.3) is 0 Å². The fraction of sp³-hybridized carbons (Fsp3) is 0.750. The van der Waals surface area contributed by atoms with Gasteiger partial charge < -0.3 is 0 Å². The van der Waals surface area contributed by atoms with E-state index in [9.17, 15) is 0 Å². The summed E-state index contributed by atoms with van der Waals surface area (Å²) in [6.45, 7) is 4.32. The summed E-state index contributed by atoms with van der Waals surface area (Å²) in [5, 5.41) is 0. The molecular formula is C4H8NS. The summed E-state index contributed by atoms with van der Waals surface area (Å²) in [5.74, 6) is 2.01. The maximum absolute atomic E-state index is 3.06. The van der Waals surface area contributed by atoms with Crippen LogP contribution in [0.25, 0.3) is 0 Å². The maximum Gasteiger partial charge on any atom is 0.0371 e. The Kier molecular flexibility index (Phi) is 1.37. The zero-order valence-corrected chi connectivity index (χ0v) is 4.59. The van der Waals surface area contributed by atoms with E-state index in [1.54, 1.807) is 11.9 Å². The first-order valence-electron chi connectivity index (χ1n) is 2.10. The lowest BCUT2D eigenvalue weighted by Crippen LogP contribution is -1.93. The van der Waals surface area contributed by atoms with E-state index in [1.807, 2.05) is 0 Å². The Balaban J connectivity index is 2.18. The van der Waals surface area contributed by atoms with Crippen molar-refractivity contribution < 1.29 is 0 Å².